The fourth-order valence-corrected chi connectivity index (χ4v) is 2.71. The van der Waals surface area contributed by atoms with E-state index in [1.807, 2.05) is 50.4 Å². The molecule has 0 saturated carbocycles. The standard InChI is InChI=1S/C16H18Cl2N2/c1-11-13(10-17)8-9-16(19-11)20(3)12(2)14-6-4-5-7-15(14)18/h4-9,12H,10H2,1-3H3. The highest BCUT2D eigenvalue weighted by molar-refractivity contribution is 6.31. The van der Waals surface area contributed by atoms with Crippen LogP contribution in [0.2, 0.25) is 5.02 Å². The summed E-state index contributed by atoms with van der Waals surface area (Å²) in [5, 5.41) is 0.779. The Bertz CT molecular complexity index is 599. The minimum absolute atomic E-state index is 0.150. The van der Waals surface area contributed by atoms with Gasteiger partial charge in [-0.25, -0.2) is 4.98 Å². The predicted molar refractivity (Wildman–Crippen MR) is 86.8 cm³/mol. The maximum absolute atomic E-state index is 6.27. The lowest BCUT2D eigenvalue weighted by molar-refractivity contribution is 0.727. The fourth-order valence-electron chi connectivity index (χ4n) is 2.14. The lowest BCUT2D eigenvalue weighted by Gasteiger charge is -2.27. The summed E-state index contributed by atoms with van der Waals surface area (Å²) >= 11 is 12.1. The van der Waals surface area contributed by atoms with Gasteiger partial charge in [0.15, 0.2) is 0 Å². The van der Waals surface area contributed by atoms with E-state index in [4.69, 9.17) is 23.2 Å². The summed E-state index contributed by atoms with van der Waals surface area (Å²) in [7, 11) is 2.02. The van der Waals surface area contributed by atoms with Crippen molar-refractivity contribution in [2.75, 3.05) is 11.9 Å². The van der Waals surface area contributed by atoms with Crippen LogP contribution in [0.15, 0.2) is 36.4 Å². The number of hydrogen-bond donors (Lipinski definition) is 0. The summed E-state index contributed by atoms with van der Waals surface area (Å²) in [5.41, 5.74) is 3.13. The van der Waals surface area contributed by atoms with E-state index in [1.165, 1.54) is 0 Å². The predicted octanol–water partition coefficient (Wildman–Crippen LogP) is 4.98. The number of rotatable bonds is 4. The fraction of sp³-hybridized carbons (Fsp3) is 0.312. The lowest BCUT2D eigenvalue weighted by atomic mass is 10.1. The van der Waals surface area contributed by atoms with Gasteiger partial charge in [0.25, 0.3) is 0 Å². The van der Waals surface area contributed by atoms with Crippen LogP contribution in [0.25, 0.3) is 0 Å². The molecule has 4 heteroatoms. The quantitative estimate of drug-likeness (QED) is 0.741. The van der Waals surface area contributed by atoms with Crippen molar-refractivity contribution in [3.63, 3.8) is 0 Å². The van der Waals surface area contributed by atoms with E-state index in [2.05, 4.69) is 16.8 Å². The van der Waals surface area contributed by atoms with Gasteiger partial charge in [-0.1, -0.05) is 35.9 Å². The van der Waals surface area contributed by atoms with Gasteiger partial charge < -0.3 is 4.90 Å². The molecule has 2 aromatic rings. The Balaban J connectivity index is 2.29. The van der Waals surface area contributed by atoms with Gasteiger partial charge in [0.05, 0.1) is 6.04 Å². The summed E-state index contributed by atoms with van der Waals surface area (Å²) in [6.45, 7) is 4.10. The highest BCUT2D eigenvalue weighted by Gasteiger charge is 2.16. The van der Waals surface area contributed by atoms with E-state index >= 15 is 0 Å². The molecule has 0 spiro atoms. The molecule has 1 aromatic carbocycles. The molecule has 0 saturated heterocycles. The van der Waals surface area contributed by atoms with E-state index in [9.17, 15) is 0 Å². The molecular formula is C16H18Cl2N2. The maximum atomic E-state index is 6.27. The van der Waals surface area contributed by atoms with Crippen LogP contribution in [-0.4, -0.2) is 12.0 Å². The Kier molecular flexibility index (Phi) is 4.90. The number of aryl methyl sites for hydroxylation is 1. The van der Waals surface area contributed by atoms with Gasteiger partial charge in [0.1, 0.15) is 5.82 Å². The highest BCUT2D eigenvalue weighted by atomic mass is 35.5. The van der Waals surface area contributed by atoms with Crippen LogP contribution in [0.4, 0.5) is 5.82 Å². The molecule has 0 aliphatic carbocycles. The van der Waals surface area contributed by atoms with Crippen molar-refractivity contribution in [1.82, 2.24) is 4.98 Å². The van der Waals surface area contributed by atoms with Crippen molar-refractivity contribution in [3.8, 4) is 0 Å². The summed E-state index contributed by atoms with van der Waals surface area (Å²) in [6, 6.07) is 12.1. The Hall–Kier alpha value is -1.25. The first-order valence-electron chi connectivity index (χ1n) is 6.54. The number of aromatic nitrogens is 1. The average molecular weight is 309 g/mol. The third-order valence-electron chi connectivity index (χ3n) is 3.62. The van der Waals surface area contributed by atoms with Gasteiger partial charge >= 0.3 is 0 Å². The largest absolute Gasteiger partial charge is 0.353 e. The van der Waals surface area contributed by atoms with Crippen molar-refractivity contribution in [1.29, 1.82) is 0 Å². The van der Waals surface area contributed by atoms with Crippen molar-refractivity contribution in [2.45, 2.75) is 25.8 Å². The van der Waals surface area contributed by atoms with Gasteiger partial charge in [-0.05, 0) is 37.1 Å². The van der Waals surface area contributed by atoms with Gasteiger partial charge in [-0.15, -0.1) is 11.6 Å². The summed E-state index contributed by atoms with van der Waals surface area (Å²) in [4.78, 5) is 6.74. The molecule has 106 valence electrons. The molecule has 0 N–H and O–H groups in total. The zero-order chi connectivity index (χ0) is 14.7. The molecule has 0 aliphatic rings. The third-order valence-corrected chi connectivity index (χ3v) is 4.25. The molecule has 1 unspecified atom stereocenters. The summed E-state index contributed by atoms with van der Waals surface area (Å²) in [6.07, 6.45) is 0. The Labute approximate surface area is 130 Å². The number of anilines is 1. The topological polar surface area (TPSA) is 16.1 Å². The van der Waals surface area contributed by atoms with Gasteiger partial charge in [-0.2, -0.15) is 0 Å². The third kappa shape index (κ3) is 3.08. The number of nitrogens with zero attached hydrogens (tertiary/aromatic N) is 2. The molecule has 0 aliphatic heterocycles. The zero-order valence-electron chi connectivity index (χ0n) is 11.9. The van der Waals surface area contributed by atoms with Crippen LogP contribution in [-0.2, 0) is 5.88 Å². The molecule has 2 rings (SSSR count). The van der Waals surface area contributed by atoms with E-state index < -0.39 is 0 Å². The molecule has 2 nitrogen and oxygen atoms in total. The number of alkyl halides is 1. The van der Waals surface area contributed by atoms with Crippen molar-refractivity contribution >= 4 is 29.0 Å². The first-order chi connectivity index (χ1) is 9.54. The zero-order valence-corrected chi connectivity index (χ0v) is 13.4. The first kappa shape index (κ1) is 15.1. The Morgan fingerprint density at radius 1 is 1.20 bits per heavy atom. The molecule has 0 amide bonds. The normalized spacial score (nSPS) is 12.2. The van der Waals surface area contributed by atoms with Crippen LogP contribution < -0.4 is 4.90 Å². The number of benzene rings is 1. The van der Waals surface area contributed by atoms with Crippen LogP contribution in [0.1, 0.15) is 29.8 Å². The van der Waals surface area contributed by atoms with Gasteiger partial charge in [0.2, 0.25) is 0 Å². The molecule has 1 atom stereocenters. The number of hydrogen-bond acceptors (Lipinski definition) is 2. The first-order valence-corrected chi connectivity index (χ1v) is 7.45. The number of halogens is 2. The summed E-state index contributed by atoms with van der Waals surface area (Å²) in [5.74, 6) is 1.41. The van der Waals surface area contributed by atoms with E-state index in [0.29, 0.717) is 5.88 Å². The van der Waals surface area contributed by atoms with Crippen molar-refractivity contribution < 1.29 is 0 Å². The van der Waals surface area contributed by atoms with Gasteiger partial charge in [-0.3, -0.25) is 0 Å². The van der Waals surface area contributed by atoms with E-state index in [1.54, 1.807) is 0 Å². The molecule has 0 radical (unpaired) electrons. The summed E-state index contributed by atoms with van der Waals surface area (Å²) < 4.78 is 0. The molecule has 1 aromatic heterocycles. The monoisotopic (exact) mass is 308 g/mol. The van der Waals surface area contributed by atoms with E-state index in [0.717, 1.165) is 27.7 Å². The highest BCUT2D eigenvalue weighted by Crippen LogP contribution is 2.29. The SMILES string of the molecule is Cc1nc(N(C)C(C)c2ccccc2Cl)ccc1CCl. The second-order valence-electron chi connectivity index (χ2n) is 4.86. The Morgan fingerprint density at radius 2 is 1.90 bits per heavy atom. The van der Waals surface area contributed by atoms with Crippen LogP contribution in [0.3, 0.4) is 0 Å². The minimum Gasteiger partial charge on any atom is -0.353 e. The van der Waals surface area contributed by atoms with Crippen LogP contribution in [0.5, 0.6) is 0 Å². The van der Waals surface area contributed by atoms with E-state index in [-0.39, 0.29) is 6.04 Å². The van der Waals surface area contributed by atoms with Gasteiger partial charge in [0, 0.05) is 23.6 Å². The second-order valence-corrected chi connectivity index (χ2v) is 5.53. The molecule has 1 heterocycles. The Morgan fingerprint density at radius 3 is 2.50 bits per heavy atom. The van der Waals surface area contributed by atoms with Crippen molar-refractivity contribution in [2.24, 2.45) is 0 Å². The smallest absolute Gasteiger partial charge is 0.129 e. The number of pyridine rings is 1. The van der Waals surface area contributed by atoms with Crippen LogP contribution >= 0.6 is 23.2 Å². The molecule has 0 fully saturated rings. The van der Waals surface area contributed by atoms with Crippen molar-refractivity contribution in [3.05, 3.63) is 58.2 Å². The van der Waals surface area contributed by atoms with Crippen LogP contribution in [0, 0.1) is 6.92 Å². The lowest BCUT2D eigenvalue weighted by Crippen LogP contribution is -2.23. The molecular weight excluding hydrogens is 291 g/mol. The minimum atomic E-state index is 0.150. The second kappa shape index (κ2) is 6.47. The molecule has 20 heavy (non-hydrogen) atoms. The average Bonchev–Trinajstić information content (AvgIpc) is 2.46. The maximum Gasteiger partial charge on any atom is 0.129 e. The molecule has 0 bridgehead atoms.